The van der Waals surface area contributed by atoms with E-state index in [1.54, 1.807) is 39.0 Å². The lowest BCUT2D eigenvalue weighted by molar-refractivity contribution is 0.271. The van der Waals surface area contributed by atoms with Crippen LogP contribution in [-0.2, 0) is 13.7 Å². The first-order valence-corrected chi connectivity index (χ1v) is 13.1. The van der Waals surface area contributed by atoms with Crippen molar-refractivity contribution in [3.63, 3.8) is 0 Å². The van der Waals surface area contributed by atoms with Crippen molar-refractivity contribution in [2.24, 2.45) is 12.8 Å². The lowest BCUT2D eigenvalue weighted by atomic mass is 10.0. The fraction of sp³-hybridized carbons (Fsp3) is 0.259. The van der Waals surface area contributed by atoms with Crippen LogP contribution in [0.2, 0.25) is 0 Å². The summed E-state index contributed by atoms with van der Waals surface area (Å²) >= 11 is 1.51. The molecular formula is C27H29N7O4S. The highest BCUT2D eigenvalue weighted by molar-refractivity contribution is 7.99. The third-order valence-electron chi connectivity index (χ3n) is 6.32. The van der Waals surface area contributed by atoms with Crippen LogP contribution in [0.25, 0.3) is 32.9 Å². The number of ether oxygens (including phenoxy) is 3. The van der Waals surface area contributed by atoms with Crippen LogP contribution in [0.1, 0.15) is 5.69 Å². The Kier molecular flexibility index (Phi) is 7.68. The van der Waals surface area contributed by atoms with Crippen LogP contribution >= 0.6 is 11.8 Å². The Hall–Kier alpha value is -4.13. The van der Waals surface area contributed by atoms with Crippen LogP contribution in [0.3, 0.4) is 0 Å². The number of imidazole rings is 1. The quantitative estimate of drug-likeness (QED) is 0.174. The van der Waals surface area contributed by atoms with E-state index in [0.29, 0.717) is 41.1 Å². The molecule has 11 nitrogen and oxygen atoms in total. The van der Waals surface area contributed by atoms with Crippen molar-refractivity contribution in [3.8, 4) is 28.5 Å². The highest BCUT2D eigenvalue weighted by Crippen LogP contribution is 2.37. The summed E-state index contributed by atoms with van der Waals surface area (Å²) in [5, 5.41) is 12.6. The molecule has 5 aromatic rings. The number of hydrogen-bond donors (Lipinski definition) is 3. The Morgan fingerprint density at radius 1 is 0.974 bits per heavy atom. The fourth-order valence-electron chi connectivity index (χ4n) is 4.18. The molecule has 1 atom stereocenters. The van der Waals surface area contributed by atoms with Crippen molar-refractivity contribution in [2.75, 3.05) is 32.3 Å². The molecular weight excluding hydrogens is 518 g/mol. The maximum absolute atomic E-state index is 9.33. The molecule has 0 bridgehead atoms. The monoisotopic (exact) mass is 547 g/mol. The Bertz CT molecular complexity index is 1640. The van der Waals surface area contributed by atoms with Crippen LogP contribution in [0.5, 0.6) is 17.2 Å². The topological polar surface area (TPSA) is 156 Å². The number of hydrogen-bond acceptors (Lipinski definition) is 11. The smallest absolute Gasteiger partial charge is 0.168 e. The second-order valence-corrected chi connectivity index (χ2v) is 9.86. The molecule has 4 aromatic heterocycles. The van der Waals surface area contributed by atoms with Crippen LogP contribution in [-0.4, -0.2) is 62.2 Å². The first-order valence-electron chi connectivity index (χ1n) is 12.1. The maximum atomic E-state index is 9.33. The molecule has 0 aliphatic heterocycles. The van der Waals surface area contributed by atoms with Crippen LogP contribution in [0.4, 0.5) is 5.82 Å². The SMILES string of the molecule is COc1cc2ncc3c(N)nc(-c4cncc(OC[C@@H](N)CSc5ncc(CO)n5C)c4)cc3c2cc1OC. The van der Waals surface area contributed by atoms with E-state index in [2.05, 4.69) is 19.9 Å². The summed E-state index contributed by atoms with van der Waals surface area (Å²) in [4.78, 5) is 17.8. The summed E-state index contributed by atoms with van der Waals surface area (Å²) in [6.07, 6.45) is 6.71. The van der Waals surface area contributed by atoms with Crippen LogP contribution in [0, 0.1) is 0 Å². The molecule has 0 spiro atoms. The number of thioether (sulfide) groups is 1. The number of methoxy groups -OCH3 is 2. The second kappa shape index (κ2) is 11.3. The van der Waals surface area contributed by atoms with Gasteiger partial charge < -0.3 is 35.4 Å². The fourth-order valence-corrected chi connectivity index (χ4v) is 5.08. The lowest BCUT2D eigenvalue weighted by Gasteiger charge is -2.14. The van der Waals surface area contributed by atoms with Gasteiger partial charge in [0.15, 0.2) is 16.7 Å². The van der Waals surface area contributed by atoms with E-state index in [0.717, 1.165) is 38.1 Å². The number of aliphatic hydroxyl groups excluding tert-OH is 1. The molecule has 0 fully saturated rings. The zero-order chi connectivity index (χ0) is 27.5. The van der Waals surface area contributed by atoms with Crippen molar-refractivity contribution in [1.29, 1.82) is 0 Å². The van der Waals surface area contributed by atoms with Gasteiger partial charge in [-0.25, -0.2) is 9.97 Å². The normalized spacial score (nSPS) is 12.1. The number of nitrogens with two attached hydrogens (primary N) is 2. The van der Waals surface area contributed by atoms with E-state index in [-0.39, 0.29) is 12.6 Å². The van der Waals surface area contributed by atoms with E-state index < -0.39 is 0 Å². The number of rotatable bonds is 10. The van der Waals surface area contributed by atoms with Crippen LogP contribution in [0.15, 0.2) is 54.2 Å². The number of anilines is 1. The summed E-state index contributed by atoms with van der Waals surface area (Å²) < 4.78 is 18.7. The highest BCUT2D eigenvalue weighted by Gasteiger charge is 2.15. The molecule has 202 valence electrons. The molecule has 0 saturated carbocycles. The third-order valence-corrected chi connectivity index (χ3v) is 7.55. The molecule has 5 N–H and O–H groups in total. The minimum atomic E-state index is -0.242. The molecule has 4 heterocycles. The molecule has 12 heteroatoms. The van der Waals surface area contributed by atoms with Gasteiger partial charge in [-0.3, -0.25) is 9.97 Å². The Labute approximate surface area is 229 Å². The number of aromatic nitrogens is 5. The van der Waals surface area contributed by atoms with E-state index in [4.69, 9.17) is 25.7 Å². The van der Waals surface area contributed by atoms with Crippen molar-refractivity contribution in [3.05, 3.63) is 54.7 Å². The van der Waals surface area contributed by atoms with E-state index >= 15 is 0 Å². The van der Waals surface area contributed by atoms with E-state index in [1.807, 2.05) is 35.9 Å². The molecule has 0 radical (unpaired) electrons. The molecule has 1 aromatic carbocycles. The predicted molar refractivity (Wildman–Crippen MR) is 151 cm³/mol. The number of pyridine rings is 3. The van der Waals surface area contributed by atoms with Gasteiger partial charge in [0.1, 0.15) is 18.2 Å². The number of aliphatic hydroxyl groups is 1. The van der Waals surface area contributed by atoms with Gasteiger partial charge in [-0.1, -0.05) is 11.8 Å². The maximum Gasteiger partial charge on any atom is 0.168 e. The summed E-state index contributed by atoms with van der Waals surface area (Å²) in [7, 11) is 5.05. The highest BCUT2D eigenvalue weighted by atomic mass is 32.2. The van der Waals surface area contributed by atoms with E-state index in [9.17, 15) is 5.11 Å². The van der Waals surface area contributed by atoms with Gasteiger partial charge in [0.25, 0.3) is 0 Å². The standard InChI is InChI=1S/C27H29N7O4S/c1-34-17(12-35)9-32-27(34)39-14-16(28)13-38-18-4-15(8-30-10-18)22-5-19-20-6-24(36-2)25(37-3)7-23(20)31-11-21(19)26(29)33-22/h4-11,16,35H,12-14,28H2,1-3H3,(H2,29,33)/t16-/m1/s1. The summed E-state index contributed by atoms with van der Waals surface area (Å²) in [5.74, 6) is 2.72. The zero-order valence-electron chi connectivity index (χ0n) is 21.8. The van der Waals surface area contributed by atoms with Crippen molar-refractivity contribution in [2.45, 2.75) is 17.8 Å². The predicted octanol–water partition coefficient (Wildman–Crippen LogP) is 3.17. The first-order chi connectivity index (χ1) is 18.9. The minimum Gasteiger partial charge on any atom is -0.493 e. The molecule has 0 unspecified atom stereocenters. The average molecular weight is 548 g/mol. The third kappa shape index (κ3) is 5.39. The molecule has 0 amide bonds. The number of fused-ring (bicyclic) bond motifs is 3. The van der Waals surface area contributed by atoms with Gasteiger partial charge in [-0.05, 0) is 23.6 Å². The van der Waals surface area contributed by atoms with Gasteiger partial charge in [0.05, 0.1) is 50.1 Å². The Morgan fingerprint density at radius 3 is 2.51 bits per heavy atom. The van der Waals surface area contributed by atoms with Gasteiger partial charge in [-0.2, -0.15) is 0 Å². The summed E-state index contributed by atoms with van der Waals surface area (Å²) in [5.41, 5.74) is 15.5. The molecule has 39 heavy (non-hydrogen) atoms. The van der Waals surface area contributed by atoms with Crippen LogP contribution < -0.4 is 25.7 Å². The Morgan fingerprint density at radius 2 is 1.77 bits per heavy atom. The number of benzene rings is 1. The second-order valence-electron chi connectivity index (χ2n) is 8.88. The van der Waals surface area contributed by atoms with Crippen molar-refractivity contribution < 1.29 is 19.3 Å². The average Bonchev–Trinajstić information content (AvgIpc) is 3.33. The number of nitrogens with zero attached hydrogens (tertiary/aromatic N) is 5. The zero-order valence-corrected chi connectivity index (χ0v) is 22.6. The molecule has 0 aliphatic rings. The lowest BCUT2D eigenvalue weighted by Crippen LogP contribution is -2.30. The Balaban J connectivity index is 1.36. The molecule has 0 aliphatic carbocycles. The number of nitrogen functional groups attached to an aromatic ring is 1. The van der Waals surface area contributed by atoms with Crippen molar-refractivity contribution in [1.82, 2.24) is 24.5 Å². The van der Waals surface area contributed by atoms with Gasteiger partial charge in [0, 0.05) is 53.6 Å². The van der Waals surface area contributed by atoms with Gasteiger partial charge in [-0.15, -0.1) is 0 Å². The largest absolute Gasteiger partial charge is 0.493 e. The van der Waals surface area contributed by atoms with Gasteiger partial charge >= 0.3 is 0 Å². The molecule has 5 rings (SSSR count). The summed E-state index contributed by atoms with van der Waals surface area (Å²) in [6.45, 7) is 0.233. The van der Waals surface area contributed by atoms with Gasteiger partial charge in [0.2, 0.25) is 0 Å². The van der Waals surface area contributed by atoms with Crippen molar-refractivity contribution >= 4 is 39.3 Å². The summed E-state index contributed by atoms with van der Waals surface area (Å²) in [6, 6.07) is 7.30. The molecule has 0 saturated heterocycles. The minimum absolute atomic E-state index is 0.0592. The first kappa shape index (κ1) is 26.5. The van der Waals surface area contributed by atoms with E-state index in [1.165, 1.54) is 11.8 Å².